The van der Waals surface area contributed by atoms with Crippen LogP contribution < -0.4 is 10.5 Å². The zero-order chi connectivity index (χ0) is 13.0. The van der Waals surface area contributed by atoms with Gasteiger partial charge < -0.3 is 10.5 Å². The van der Waals surface area contributed by atoms with Crippen LogP contribution in [-0.2, 0) is 4.79 Å². The third kappa shape index (κ3) is 3.56. The molecule has 0 heterocycles. The molecule has 3 heteroatoms. The Hall–Kier alpha value is -1.35. The van der Waals surface area contributed by atoms with E-state index in [2.05, 4.69) is 13.8 Å². The van der Waals surface area contributed by atoms with Crippen LogP contribution in [0.1, 0.15) is 50.3 Å². The minimum absolute atomic E-state index is 0.111. The first-order valence-electron chi connectivity index (χ1n) is 5.88. The summed E-state index contributed by atoms with van der Waals surface area (Å²) in [5.74, 6) is 1.35. The molecule has 94 valence electrons. The minimum Gasteiger partial charge on any atom is -0.496 e. The molecule has 0 radical (unpaired) electrons. The minimum atomic E-state index is -0.226. The molecule has 1 aromatic carbocycles. The second kappa shape index (κ2) is 5.82. The van der Waals surface area contributed by atoms with Crippen molar-refractivity contribution in [1.82, 2.24) is 0 Å². The van der Waals surface area contributed by atoms with Crippen molar-refractivity contribution >= 4 is 5.78 Å². The molecule has 1 aromatic rings. The lowest BCUT2D eigenvalue weighted by atomic mass is 9.95. The molecule has 1 unspecified atom stereocenters. The maximum Gasteiger partial charge on any atom is 0.131 e. The van der Waals surface area contributed by atoms with E-state index in [1.807, 2.05) is 18.2 Å². The van der Waals surface area contributed by atoms with Crippen molar-refractivity contribution in [2.75, 3.05) is 7.11 Å². The van der Waals surface area contributed by atoms with E-state index in [4.69, 9.17) is 10.5 Å². The van der Waals surface area contributed by atoms with Crippen LogP contribution in [-0.4, -0.2) is 12.9 Å². The fraction of sp³-hybridized carbons (Fsp3) is 0.500. The average molecular weight is 235 g/mol. The maximum atomic E-state index is 11.1. The Morgan fingerprint density at radius 1 is 1.41 bits per heavy atom. The summed E-state index contributed by atoms with van der Waals surface area (Å²) in [4.78, 5) is 11.1. The Kier molecular flexibility index (Phi) is 4.70. The molecule has 0 aliphatic heterocycles. The molecule has 0 aliphatic rings. The molecule has 0 spiro atoms. The van der Waals surface area contributed by atoms with Crippen LogP contribution in [0.25, 0.3) is 0 Å². The summed E-state index contributed by atoms with van der Waals surface area (Å²) < 4.78 is 5.31. The van der Waals surface area contributed by atoms with Crippen LogP contribution in [0, 0.1) is 0 Å². The molecule has 0 saturated heterocycles. The highest BCUT2D eigenvalue weighted by Crippen LogP contribution is 2.29. The smallest absolute Gasteiger partial charge is 0.131 e. The standard InChI is InChI=1S/C14H21NO2/c1-9(2)12-8-11(5-6-14(12)17-4)13(15)7-10(3)16/h5-6,8-9,13H,7,15H2,1-4H3. The first-order chi connectivity index (χ1) is 7.95. The van der Waals surface area contributed by atoms with E-state index in [-0.39, 0.29) is 11.8 Å². The molecule has 0 bridgehead atoms. The summed E-state index contributed by atoms with van der Waals surface area (Å²) in [7, 11) is 1.66. The quantitative estimate of drug-likeness (QED) is 0.853. The lowest BCUT2D eigenvalue weighted by molar-refractivity contribution is -0.117. The Labute approximate surface area is 103 Å². The van der Waals surface area contributed by atoms with Gasteiger partial charge in [-0.15, -0.1) is 0 Å². The fourth-order valence-corrected chi connectivity index (χ4v) is 1.86. The number of hydrogen-bond acceptors (Lipinski definition) is 3. The van der Waals surface area contributed by atoms with Gasteiger partial charge in [0.1, 0.15) is 11.5 Å². The molecule has 0 aromatic heterocycles. The largest absolute Gasteiger partial charge is 0.496 e. The van der Waals surface area contributed by atoms with Crippen molar-refractivity contribution in [3.05, 3.63) is 29.3 Å². The van der Waals surface area contributed by atoms with Gasteiger partial charge in [0, 0.05) is 12.5 Å². The SMILES string of the molecule is COc1ccc(C(N)CC(C)=O)cc1C(C)C. The van der Waals surface area contributed by atoms with Gasteiger partial charge in [-0.25, -0.2) is 0 Å². The lowest BCUT2D eigenvalue weighted by Crippen LogP contribution is -2.14. The van der Waals surface area contributed by atoms with Crippen molar-refractivity contribution in [3.8, 4) is 5.75 Å². The predicted octanol–water partition coefficient (Wildman–Crippen LogP) is 2.80. The number of carbonyl (C=O) groups is 1. The first kappa shape index (κ1) is 13.7. The van der Waals surface area contributed by atoms with Crippen LogP contribution in [0.5, 0.6) is 5.75 Å². The van der Waals surface area contributed by atoms with Crippen molar-refractivity contribution in [3.63, 3.8) is 0 Å². The third-order valence-electron chi connectivity index (χ3n) is 2.81. The lowest BCUT2D eigenvalue weighted by Gasteiger charge is -2.16. The van der Waals surface area contributed by atoms with Gasteiger partial charge in [0.25, 0.3) is 0 Å². The Balaban J connectivity index is 3.03. The van der Waals surface area contributed by atoms with Gasteiger partial charge in [-0.1, -0.05) is 26.0 Å². The number of ether oxygens (including phenoxy) is 1. The predicted molar refractivity (Wildman–Crippen MR) is 69.3 cm³/mol. The maximum absolute atomic E-state index is 11.1. The van der Waals surface area contributed by atoms with Crippen molar-refractivity contribution < 1.29 is 9.53 Å². The Morgan fingerprint density at radius 3 is 2.53 bits per heavy atom. The number of carbonyl (C=O) groups excluding carboxylic acids is 1. The van der Waals surface area contributed by atoms with Crippen LogP contribution in [0.4, 0.5) is 0 Å². The summed E-state index contributed by atoms with van der Waals surface area (Å²) in [5, 5.41) is 0. The van der Waals surface area contributed by atoms with Gasteiger partial charge in [0.2, 0.25) is 0 Å². The van der Waals surface area contributed by atoms with E-state index < -0.39 is 0 Å². The van der Waals surface area contributed by atoms with E-state index in [9.17, 15) is 4.79 Å². The van der Waals surface area contributed by atoms with Crippen LogP contribution in [0.15, 0.2) is 18.2 Å². The molecule has 0 amide bonds. The molecule has 3 nitrogen and oxygen atoms in total. The van der Waals surface area contributed by atoms with E-state index in [0.29, 0.717) is 12.3 Å². The normalized spacial score (nSPS) is 12.6. The van der Waals surface area contributed by atoms with Gasteiger partial charge in [0.05, 0.1) is 7.11 Å². The summed E-state index contributed by atoms with van der Waals surface area (Å²) in [6, 6.07) is 5.66. The van der Waals surface area contributed by atoms with Crippen LogP contribution in [0.3, 0.4) is 0 Å². The Morgan fingerprint density at radius 2 is 2.06 bits per heavy atom. The van der Waals surface area contributed by atoms with Gasteiger partial charge in [-0.3, -0.25) is 4.79 Å². The van der Waals surface area contributed by atoms with Crippen molar-refractivity contribution in [1.29, 1.82) is 0 Å². The van der Waals surface area contributed by atoms with Crippen LogP contribution in [0.2, 0.25) is 0 Å². The monoisotopic (exact) mass is 235 g/mol. The van der Waals surface area contributed by atoms with E-state index in [1.54, 1.807) is 14.0 Å². The highest BCUT2D eigenvalue weighted by atomic mass is 16.5. The van der Waals surface area contributed by atoms with Crippen molar-refractivity contribution in [2.45, 2.75) is 39.2 Å². The highest BCUT2D eigenvalue weighted by Gasteiger charge is 2.13. The molecular weight excluding hydrogens is 214 g/mol. The molecule has 0 saturated carbocycles. The molecule has 0 fully saturated rings. The number of Topliss-reactive ketones (excluding diaryl/α,β-unsaturated/α-hetero) is 1. The molecule has 0 aliphatic carbocycles. The summed E-state index contributed by atoms with van der Waals surface area (Å²) >= 11 is 0. The van der Waals surface area contributed by atoms with E-state index in [0.717, 1.165) is 16.9 Å². The number of ketones is 1. The van der Waals surface area contributed by atoms with Gasteiger partial charge in [-0.05, 0) is 30.0 Å². The summed E-state index contributed by atoms with van der Waals surface area (Å²) in [6.45, 7) is 5.78. The second-order valence-corrected chi connectivity index (χ2v) is 4.67. The fourth-order valence-electron chi connectivity index (χ4n) is 1.86. The molecule has 1 atom stereocenters. The average Bonchev–Trinajstić information content (AvgIpc) is 2.27. The number of rotatable bonds is 5. The second-order valence-electron chi connectivity index (χ2n) is 4.67. The zero-order valence-corrected chi connectivity index (χ0v) is 11.0. The summed E-state index contributed by atoms with van der Waals surface area (Å²) in [6.07, 6.45) is 0.379. The van der Waals surface area contributed by atoms with E-state index in [1.165, 1.54) is 0 Å². The first-order valence-corrected chi connectivity index (χ1v) is 5.88. The highest BCUT2D eigenvalue weighted by molar-refractivity contribution is 5.76. The molecule has 17 heavy (non-hydrogen) atoms. The number of methoxy groups -OCH3 is 1. The number of nitrogens with two attached hydrogens (primary N) is 1. The molecular formula is C14H21NO2. The number of benzene rings is 1. The molecule has 1 rings (SSSR count). The third-order valence-corrected chi connectivity index (χ3v) is 2.81. The van der Waals surface area contributed by atoms with Crippen LogP contribution >= 0.6 is 0 Å². The zero-order valence-electron chi connectivity index (χ0n) is 11.0. The van der Waals surface area contributed by atoms with Gasteiger partial charge in [-0.2, -0.15) is 0 Å². The summed E-state index contributed by atoms with van der Waals surface area (Å²) in [5.41, 5.74) is 8.11. The topological polar surface area (TPSA) is 52.3 Å². The van der Waals surface area contributed by atoms with E-state index >= 15 is 0 Å². The van der Waals surface area contributed by atoms with Gasteiger partial charge in [0.15, 0.2) is 0 Å². The Bertz CT molecular complexity index is 399. The number of hydrogen-bond donors (Lipinski definition) is 1. The molecule has 2 N–H and O–H groups in total. The van der Waals surface area contributed by atoms with Gasteiger partial charge >= 0.3 is 0 Å². The van der Waals surface area contributed by atoms with Crippen molar-refractivity contribution in [2.24, 2.45) is 5.73 Å².